The van der Waals surface area contributed by atoms with E-state index in [9.17, 15) is 4.79 Å². The Kier molecular flexibility index (Phi) is 4.84. The Morgan fingerprint density at radius 3 is 2.87 bits per heavy atom. The zero-order valence-corrected chi connectivity index (χ0v) is 9.49. The van der Waals surface area contributed by atoms with Gasteiger partial charge in [0.2, 0.25) is 0 Å². The maximum absolute atomic E-state index is 11.2. The highest BCUT2D eigenvalue weighted by atomic mass is 16.3. The van der Waals surface area contributed by atoms with Crippen LogP contribution in [0.4, 0.5) is 4.79 Å². The lowest BCUT2D eigenvalue weighted by Crippen LogP contribution is -2.38. The Labute approximate surface area is 90.8 Å². The highest BCUT2D eigenvalue weighted by molar-refractivity contribution is 5.76. The third-order valence-electron chi connectivity index (χ3n) is 2.51. The number of amides is 2. The van der Waals surface area contributed by atoms with Gasteiger partial charge >= 0.3 is 6.03 Å². The summed E-state index contributed by atoms with van der Waals surface area (Å²) in [7, 11) is 0. The predicted molar refractivity (Wildman–Crippen MR) is 58.7 cm³/mol. The number of nitrogens with one attached hydrogen (secondary N) is 2. The Hall–Kier alpha value is -0.810. The number of hydrogen-bond donors (Lipinski definition) is 3. The largest absolute Gasteiger partial charge is 0.393 e. The molecule has 0 spiro atoms. The Balaban J connectivity index is 2.07. The van der Waals surface area contributed by atoms with Gasteiger partial charge in [0.25, 0.3) is 0 Å². The van der Waals surface area contributed by atoms with Crippen molar-refractivity contribution in [2.45, 2.75) is 32.4 Å². The molecule has 2 unspecified atom stereocenters. The minimum Gasteiger partial charge on any atom is -0.393 e. The lowest BCUT2D eigenvalue weighted by molar-refractivity contribution is 0.169. The van der Waals surface area contributed by atoms with Crippen LogP contribution in [-0.2, 0) is 0 Å². The summed E-state index contributed by atoms with van der Waals surface area (Å²) in [5.74, 6) is 0. The third-order valence-corrected chi connectivity index (χ3v) is 2.51. The van der Waals surface area contributed by atoms with Crippen LogP contribution in [-0.4, -0.2) is 54.4 Å². The second-order valence-electron chi connectivity index (χ2n) is 4.16. The van der Waals surface area contributed by atoms with Gasteiger partial charge in [0.1, 0.15) is 0 Å². The fraction of sp³-hybridized carbons (Fsp3) is 0.900. The van der Waals surface area contributed by atoms with E-state index in [2.05, 4.69) is 10.6 Å². The van der Waals surface area contributed by atoms with Crippen LogP contribution in [0.1, 0.15) is 20.3 Å². The highest BCUT2D eigenvalue weighted by Gasteiger charge is 2.18. The number of rotatable bonds is 6. The summed E-state index contributed by atoms with van der Waals surface area (Å²) in [6.45, 7) is 6.88. The molecule has 0 aliphatic carbocycles. The molecule has 1 heterocycles. The lowest BCUT2D eigenvalue weighted by atomic mass is 10.1. The molecule has 0 aromatic rings. The number of urea groups is 1. The summed E-state index contributed by atoms with van der Waals surface area (Å²) >= 11 is 0. The molecule has 1 saturated heterocycles. The van der Waals surface area contributed by atoms with Gasteiger partial charge in [-0.1, -0.05) is 0 Å². The van der Waals surface area contributed by atoms with Gasteiger partial charge in [-0.2, -0.15) is 0 Å². The van der Waals surface area contributed by atoms with Gasteiger partial charge in [-0.25, -0.2) is 4.79 Å². The molecule has 1 fully saturated rings. The molecule has 2 atom stereocenters. The zero-order chi connectivity index (χ0) is 11.3. The molecular weight excluding hydrogens is 194 g/mol. The first-order valence-corrected chi connectivity index (χ1v) is 5.54. The van der Waals surface area contributed by atoms with Gasteiger partial charge in [-0.05, 0) is 20.3 Å². The van der Waals surface area contributed by atoms with Crippen LogP contribution in [0.3, 0.4) is 0 Å². The van der Waals surface area contributed by atoms with Crippen LogP contribution in [0.5, 0.6) is 0 Å². The SMILES string of the molecule is CC(O)CC(C)NCCN1CCNC1=O. The standard InChI is InChI=1S/C10H21N3O2/c1-8(7-9(2)14)11-3-5-13-6-4-12-10(13)15/h8-9,11,14H,3-7H2,1-2H3,(H,12,15). The second-order valence-corrected chi connectivity index (χ2v) is 4.16. The molecule has 0 radical (unpaired) electrons. The van der Waals surface area contributed by atoms with Crippen molar-refractivity contribution >= 4 is 6.03 Å². The normalized spacial score (nSPS) is 20.2. The molecule has 88 valence electrons. The average Bonchev–Trinajstić information content (AvgIpc) is 2.50. The van der Waals surface area contributed by atoms with Gasteiger partial charge in [0.05, 0.1) is 6.10 Å². The molecule has 0 aromatic carbocycles. The molecule has 1 aliphatic rings. The first-order valence-electron chi connectivity index (χ1n) is 5.54. The minimum absolute atomic E-state index is 0.0278. The van der Waals surface area contributed by atoms with Crippen LogP contribution >= 0.6 is 0 Å². The highest BCUT2D eigenvalue weighted by Crippen LogP contribution is 1.98. The summed E-state index contributed by atoms with van der Waals surface area (Å²) in [5, 5.41) is 15.2. The zero-order valence-electron chi connectivity index (χ0n) is 9.49. The maximum atomic E-state index is 11.2. The van der Waals surface area contributed by atoms with Gasteiger partial charge in [-0.15, -0.1) is 0 Å². The van der Waals surface area contributed by atoms with E-state index in [1.54, 1.807) is 11.8 Å². The van der Waals surface area contributed by atoms with Gasteiger partial charge < -0.3 is 20.6 Å². The molecule has 3 N–H and O–H groups in total. The monoisotopic (exact) mass is 215 g/mol. The first kappa shape index (κ1) is 12.3. The van der Waals surface area contributed by atoms with Crippen molar-refractivity contribution in [1.29, 1.82) is 0 Å². The van der Waals surface area contributed by atoms with Crippen molar-refractivity contribution in [3.05, 3.63) is 0 Å². The van der Waals surface area contributed by atoms with Crippen molar-refractivity contribution in [2.75, 3.05) is 26.2 Å². The summed E-state index contributed by atoms with van der Waals surface area (Å²) in [4.78, 5) is 13.0. The van der Waals surface area contributed by atoms with E-state index in [0.29, 0.717) is 0 Å². The fourth-order valence-electron chi connectivity index (χ4n) is 1.77. The first-order chi connectivity index (χ1) is 7.09. The van der Waals surface area contributed by atoms with Crippen LogP contribution in [0, 0.1) is 0 Å². The van der Waals surface area contributed by atoms with Gasteiger partial charge in [0, 0.05) is 32.2 Å². The van der Waals surface area contributed by atoms with Crippen LogP contribution in [0.2, 0.25) is 0 Å². The van der Waals surface area contributed by atoms with Crippen molar-refractivity contribution in [1.82, 2.24) is 15.5 Å². The molecular formula is C10H21N3O2. The van der Waals surface area contributed by atoms with Crippen LogP contribution < -0.4 is 10.6 Å². The number of aliphatic hydroxyl groups excluding tert-OH is 1. The van der Waals surface area contributed by atoms with E-state index < -0.39 is 0 Å². The van der Waals surface area contributed by atoms with E-state index in [4.69, 9.17) is 5.11 Å². The number of aliphatic hydroxyl groups is 1. The summed E-state index contributed by atoms with van der Waals surface area (Å²) < 4.78 is 0. The Morgan fingerprint density at radius 1 is 1.60 bits per heavy atom. The average molecular weight is 215 g/mol. The summed E-state index contributed by atoms with van der Waals surface area (Å²) in [5.41, 5.74) is 0. The third kappa shape index (κ3) is 4.48. The lowest BCUT2D eigenvalue weighted by Gasteiger charge is -2.18. The summed E-state index contributed by atoms with van der Waals surface area (Å²) in [6, 6.07) is 0.315. The van der Waals surface area contributed by atoms with E-state index in [1.807, 2.05) is 6.92 Å². The minimum atomic E-state index is -0.275. The molecule has 2 amide bonds. The van der Waals surface area contributed by atoms with Crippen LogP contribution in [0.25, 0.3) is 0 Å². The quantitative estimate of drug-likeness (QED) is 0.573. The van der Waals surface area contributed by atoms with Crippen molar-refractivity contribution < 1.29 is 9.90 Å². The summed E-state index contributed by atoms with van der Waals surface area (Å²) in [6.07, 6.45) is 0.467. The predicted octanol–water partition coefficient (Wildman–Crippen LogP) is -0.239. The Bertz CT molecular complexity index is 209. The Morgan fingerprint density at radius 2 is 2.33 bits per heavy atom. The smallest absolute Gasteiger partial charge is 0.317 e. The van der Waals surface area contributed by atoms with Crippen molar-refractivity contribution in [3.63, 3.8) is 0 Å². The van der Waals surface area contributed by atoms with E-state index in [1.165, 1.54) is 0 Å². The topological polar surface area (TPSA) is 64.6 Å². The molecule has 15 heavy (non-hydrogen) atoms. The molecule has 0 aromatic heterocycles. The van der Waals surface area contributed by atoms with E-state index in [0.717, 1.165) is 32.6 Å². The van der Waals surface area contributed by atoms with E-state index >= 15 is 0 Å². The number of nitrogens with zero attached hydrogens (tertiary/aromatic N) is 1. The molecule has 5 heteroatoms. The van der Waals surface area contributed by atoms with Crippen LogP contribution in [0.15, 0.2) is 0 Å². The molecule has 0 bridgehead atoms. The fourth-order valence-corrected chi connectivity index (χ4v) is 1.77. The molecule has 1 rings (SSSR count). The van der Waals surface area contributed by atoms with Gasteiger partial charge in [0.15, 0.2) is 0 Å². The number of carbonyl (C=O) groups is 1. The molecule has 5 nitrogen and oxygen atoms in total. The molecule has 0 saturated carbocycles. The maximum Gasteiger partial charge on any atom is 0.317 e. The number of hydrogen-bond acceptors (Lipinski definition) is 3. The van der Waals surface area contributed by atoms with E-state index in [-0.39, 0.29) is 18.2 Å². The van der Waals surface area contributed by atoms with Gasteiger partial charge in [-0.3, -0.25) is 0 Å². The second kappa shape index (κ2) is 5.92. The molecule has 1 aliphatic heterocycles. The van der Waals surface area contributed by atoms with Crippen molar-refractivity contribution in [3.8, 4) is 0 Å². The van der Waals surface area contributed by atoms with Crippen molar-refractivity contribution in [2.24, 2.45) is 0 Å². The number of carbonyl (C=O) groups excluding carboxylic acids is 1.